The number of hydrogen-bond acceptors (Lipinski definition) is 5. The van der Waals surface area contributed by atoms with Crippen molar-refractivity contribution < 1.29 is 23.8 Å². The molecule has 1 aliphatic rings. The van der Waals surface area contributed by atoms with E-state index in [-0.39, 0.29) is 11.8 Å². The van der Waals surface area contributed by atoms with Gasteiger partial charge in [-0.3, -0.25) is 0 Å². The molecule has 0 N–H and O–H groups in total. The fourth-order valence-corrected chi connectivity index (χ4v) is 5.12. The molecule has 184 valence electrons. The number of rotatable bonds is 8. The second-order valence-corrected chi connectivity index (χ2v) is 10.4. The largest absolute Gasteiger partial charge is 0.452 e. The van der Waals surface area contributed by atoms with Gasteiger partial charge in [0.05, 0.1) is 16.7 Å². The van der Waals surface area contributed by atoms with Crippen LogP contribution in [0.1, 0.15) is 75.1 Å². The van der Waals surface area contributed by atoms with Crippen LogP contribution < -0.4 is 0 Å². The molecule has 0 spiro atoms. The van der Waals surface area contributed by atoms with Crippen molar-refractivity contribution in [2.45, 2.75) is 72.4 Å². The standard InChI is InChI=1S/C29H38O5/c1-19(2)17-29(18-20(3)4)22(6)21(5)25(32-26(30)23-13-9-7-10-14-23)28(34-29)33-27(31)24-15-11-8-12-16-24/h7-16,19-22,25,28H,17-18H2,1-6H3/t21-,22-,25-,28?/m1/s1. The Hall–Kier alpha value is -2.66. The molecule has 0 radical (unpaired) electrons. The topological polar surface area (TPSA) is 61.8 Å². The molecule has 0 amide bonds. The summed E-state index contributed by atoms with van der Waals surface area (Å²) in [6.07, 6.45) is -0.0583. The smallest absolute Gasteiger partial charge is 0.340 e. The van der Waals surface area contributed by atoms with Crippen LogP contribution in [-0.4, -0.2) is 29.9 Å². The fourth-order valence-electron chi connectivity index (χ4n) is 5.12. The number of carbonyl (C=O) groups excluding carboxylic acids is 2. The number of ether oxygens (including phenoxy) is 3. The predicted octanol–water partition coefficient (Wildman–Crippen LogP) is 6.53. The van der Waals surface area contributed by atoms with E-state index in [1.54, 1.807) is 48.5 Å². The first-order chi connectivity index (χ1) is 16.1. The lowest BCUT2D eigenvalue weighted by atomic mass is 9.68. The summed E-state index contributed by atoms with van der Waals surface area (Å²) in [5.74, 6) is -0.139. The van der Waals surface area contributed by atoms with Crippen LogP contribution in [-0.2, 0) is 14.2 Å². The Morgan fingerprint density at radius 2 is 1.24 bits per heavy atom. The minimum absolute atomic E-state index is 0.0764. The molecule has 2 aromatic rings. The number of hydrogen-bond donors (Lipinski definition) is 0. The lowest BCUT2D eigenvalue weighted by molar-refractivity contribution is -0.296. The zero-order chi connectivity index (χ0) is 24.9. The van der Waals surface area contributed by atoms with E-state index in [1.165, 1.54) is 0 Å². The van der Waals surface area contributed by atoms with E-state index in [2.05, 4.69) is 41.5 Å². The molecule has 0 bridgehead atoms. The van der Waals surface area contributed by atoms with Crippen molar-refractivity contribution in [3.8, 4) is 0 Å². The second-order valence-electron chi connectivity index (χ2n) is 10.4. The zero-order valence-electron chi connectivity index (χ0n) is 21.2. The van der Waals surface area contributed by atoms with Gasteiger partial charge in [0.15, 0.2) is 6.10 Å². The molecule has 5 heteroatoms. The molecular formula is C29H38O5. The number of benzene rings is 2. The van der Waals surface area contributed by atoms with Gasteiger partial charge in [0.2, 0.25) is 6.29 Å². The van der Waals surface area contributed by atoms with Crippen molar-refractivity contribution in [3.05, 3.63) is 71.8 Å². The van der Waals surface area contributed by atoms with Crippen LogP contribution in [0.25, 0.3) is 0 Å². The van der Waals surface area contributed by atoms with Crippen LogP contribution in [0, 0.1) is 23.7 Å². The molecule has 1 fully saturated rings. The molecule has 1 heterocycles. The molecule has 0 aromatic heterocycles. The minimum Gasteiger partial charge on any atom is -0.452 e. The predicted molar refractivity (Wildman–Crippen MR) is 132 cm³/mol. The second kappa shape index (κ2) is 11.2. The summed E-state index contributed by atoms with van der Waals surface area (Å²) in [7, 11) is 0. The summed E-state index contributed by atoms with van der Waals surface area (Å²) < 4.78 is 18.6. The maximum absolute atomic E-state index is 13.0. The van der Waals surface area contributed by atoms with Crippen molar-refractivity contribution in [3.63, 3.8) is 0 Å². The van der Waals surface area contributed by atoms with Crippen molar-refractivity contribution in [1.29, 1.82) is 0 Å². The molecule has 1 aliphatic heterocycles. The maximum atomic E-state index is 13.0. The van der Waals surface area contributed by atoms with Gasteiger partial charge in [-0.15, -0.1) is 0 Å². The Kier molecular flexibility index (Phi) is 8.53. The summed E-state index contributed by atoms with van der Waals surface area (Å²) in [5.41, 5.74) is 0.402. The summed E-state index contributed by atoms with van der Waals surface area (Å²) in [6, 6.07) is 17.7. The fraction of sp³-hybridized carbons (Fsp3) is 0.517. The van der Waals surface area contributed by atoms with Crippen molar-refractivity contribution in [2.24, 2.45) is 23.7 Å². The average molecular weight is 467 g/mol. The molecule has 1 saturated heterocycles. The molecule has 3 rings (SSSR count). The first-order valence-corrected chi connectivity index (χ1v) is 12.3. The summed E-state index contributed by atoms with van der Waals surface area (Å²) in [6.45, 7) is 12.9. The molecule has 0 saturated carbocycles. The van der Waals surface area contributed by atoms with E-state index in [1.807, 2.05) is 12.1 Å². The average Bonchev–Trinajstić information content (AvgIpc) is 2.80. The zero-order valence-corrected chi connectivity index (χ0v) is 21.2. The normalized spacial score (nSPS) is 24.1. The van der Waals surface area contributed by atoms with E-state index in [9.17, 15) is 9.59 Å². The maximum Gasteiger partial charge on any atom is 0.340 e. The van der Waals surface area contributed by atoms with Gasteiger partial charge in [-0.25, -0.2) is 9.59 Å². The molecule has 34 heavy (non-hydrogen) atoms. The van der Waals surface area contributed by atoms with E-state index in [0.29, 0.717) is 23.0 Å². The van der Waals surface area contributed by atoms with Crippen LogP contribution in [0.3, 0.4) is 0 Å². The third kappa shape index (κ3) is 6.06. The van der Waals surface area contributed by atoms with Crippen molar-refractivity contribution in [1.82, 2.24) is 0 Å². The highest BCUT2D eigenvalue weighted by Crippen LogP contribution is 2.47. The van der Waals surface area contributed by atoms with Gasteiger partial charge >= 0.3 is 11.9 Å². The lowest BCUT2D eigenvalue weighted by Crippen LogP contribution is -2.60. The summed E-state index contributed by atoms with van der Waals surface area (Å²) in [5, 5.41) is 0. The highest BCUT2D eigenvalue weighted by molar-refractivity contribution is 5.90. The van der Waals surface area contributed by atoms with Crippen LogP contribution in [0.2, 0.25) is 0 Å². The van der Waals surface area contributed by atoms with E-state index < -0.39 is 29.9 Å². The Bertz CT molecular complexity index is 928. The monoisotopic (exact) mass is 466 g/mol. The molecular weight excluding hydrogens is 428 g/mol. The van der Waals surface area contributed by atoms with Gasteiger partial charge in [-0.2, -0.15) is 0 Å². The van der Waals surface area contributed by atoms with Crippen LogP contribution >= 0.6 is 0 Å². The third-order valence-electron chi connectivity index (χ3n) is 6.75. The van der Waals surface area contributed by atoms with Crippen LogP contribution in [0.4, 0.5) is 0 Å². The Morgan fingerprint density at radius 1 is 0.794 bits per heavy atom. The Balaban J connectivity index is 1.95. The molecule has 5 nitrogen and oxygen atoms in total. The van der Waals surface area contributed by atoms with E-state index in [0.717, 1.165) is 12.8 Å². The summed E-state index contributed by atoms with van der Waals surface area (Å²) in [4.78, 5) is 26.0. The lowest BCUT2D eigenvalue weighted by Gasteiger charge is -2.52. The quantitative estimate of drug-likeness (QED) is 0.414. The SMILES string of the molecule is CC(C)CC1(CC(C)C)OC(OC(=O)c2ccccc2)[C@H](OC(=O)c2ccccc2)[C@H](C)[C@H]1C. The highest BCUT2D eigenvalue weighted by atomic mass is 16.7. The minimum atomic E-state index is -0.996. The number of esters is 2. The summed E-state index contributed by atoms with van der Waals surface area (Å²) >= 11 is 0. The van der Waals surface area contributed by atoms with Crippen molar-refractivity contribution >= 4 is 11.9 Å². The van der Waals surface area contributed by atoms with Gasteiger partial charge in [0.25, 0.3) is 0 Å². The van der Waals surface area contributed by atoms with Crippen molar-refractivity contribution in [2.75, 3.05) is 0 Å². The Morgan fingerprint density at radius 3 is 1.68 bits per heavy atom. The van der Waals surface area contributed by atoms with Crippen LogP contribution in [0.15, 0.2) is 60.7 Å². The van der Waals surface area contributed by atoms with Gasteiger partial charge in [-0.05, 0) is 54.9 Å². The first-order valence-electron chi connectivity index (χ1n) is 12.3. The third-order valence-corrected chi connectivity index (χ3v) is 6.75. The molecule has 2 aromatic carbocycles. The number of carbonyl (C=O) groups is 2. The first kappa shape index (κ1) is 26.0. The van der Waals surface area contributed by atoms with Gasteiger partial charge in [0, 0.05) is 5.92 Å². The van der Waals surface area contributed by atoms with E-state index >= 15 is 0 Å². The highest BCUT2D eigenvalue weighted by Gasteiger charge is 2.54. The van der Waals surface area contributed by atoms with Gasteiger partial charge in [0.1, 0.15) is 0 Å². The van der Waals surface area contributed by atoms with E-state index in [4.69, 9.17) is 14.2 Å². The Labute approximate surface area is 203 Å². The molecule has 4 atom stereocenters. The van der Waals surface area contributed by atoms with Crippen LogP contribution in [0.5, 0.6) is 0 Å². The van der Waals surface area contributed by atoms with Gasteiger partial charge < -0.3 is 14.2 Å². The molecule has 0 aliphatic carbocycles. The van der Waals surface area contributed by atoms with Gasteiger partial charge in [-0.1, -0.05) is 77.9 Å². The molecule has 1 unspecified atom stereocenters.